The van der Waals surface area contributed by atoms with Gasteiger partial charge in [-0.1, -0.05) is 0 Å². The second-order valence-corrected chi connectivity index (χ2v) is 4.15. The summed E-state index contributed by atoms with van der Waals surface area (Å²) in [6.07, 6.45) is 2.77. The average Bonchev–Trinajstić information content (AvgIpc) is 2.27. The summed E-state index contributed by atoms with van der Waals surface area (Å²) in [6, 6.07) is 0.716. The van der Waals surface area contributed by atoms with Crippen LogP contribution in [0.15, 0.2) is 0 Å². The molecule has 1 radical (unpaired) electrons. The van der Waals surface area contributed by atoms with E-state index in [1.165, 1.54) is 19.4 Å². The molecule has 12 heavy (non-hydrogen) atoms. The maximum Gasteiger partial charge on any atom is 0.00427 e. The zero-order valence-electron chi connectivity index (χ0n) is 8.08. The normalized spacial score (nSPS) is 27.2. The molecule has 0 bridgehead atoms. The van der Waals surface area contributed by atoms with Gasteiger partial charge in [0.25, 0.3) is 0 Å². The molecule has 2 rings (SSSR count). The Bertz CT molecular complexity index is 155. The van der Waals surface area contributed by atoms with Crippen molar-refractivity contribution in [2.45, 2.75) is 38.3 Å². The number of hydrogen-bond acceptors (Lipinski definition) is 1. The van der Waals surface area contributed by atoms with E-state index < -0.39 is 0 Å². The van der Waals surface area contributed by atoms with Gasteiger partial charge in [0.15, 0.2) is 0 Å². The fourth-order valence-corrected chi connectivity index (χ4v) is 2.47. The first-order valence-electron chi connectivity index (χ1n) is 4.65. The minimum atomic E-state index is 0. The molecule has 3 heteroatoms. The summed E-state index contributed by atoms with van der Waals surface area (Å²) < 4.78 is 0. The molecule has 1 spiro atoms. The van der Waals surface area contributed by atoms with E-state index in [2.05, 4.69) is 24.1 Å². The van der Waals surface area contributed by atoms with Crippen LogP contribution in [0.5, 0.6) is 0 Å². The molecular weight excluding hydrogens is 225 g/mol. The van der Waals surface area contributed by atoms with Crippen LogP contribution >= 0.6 is 0 Å². The molecule has 0 aromatic carbocycles. The topological polar surface area (TPSA) is 17.3 Å². The minimum absolute atomic E-state index is 0. The molecule has 2 aliphatic rings. The van der Waals surface area contributed by atoms with Crippen LogP contribution in [0.2, 0.25) is 0 Å². The molecule has 0 saturated carbocycles. The third kappa shape index (κ3) is 1.64. The quantitative estimate of drug-likeness (QED) is 0.683. The van der Waals surface area contributed by atoms with Gasteiger partial charge in [0, 0.05) is 38.8 Å². The van der Waals surface area contributed by atoms with Gasteiger partial charge in [-0.15, -0.1) is 13.1 Å². The molecule has 2 heterocycles. The van der Waals surface area contributed by atoms with Crippen LogP contribution < -0.4 is 0 Å². The Morgan fingerprint density at radius 3 is 2.33 bits per heavy atom. The van der Waals surface area contributed by atoms with Gasteiger partial charge in [0.05, 0.1) is 0 Å². The van der Waals surface area contributed by atoms with Crippen LogP contribution in [0.25, 0.3) is 5.32 Å². The maximum absolute atomic E-state index is 4.34. The Balaban J connectivity index is 0.000000720. The second-order valence-electron chi connectivity index (χ2n) is 4.15. The van der Waals surface area contributed by atoms with E-state index in [-0.39, 0.29) is 32.7 Å². The number of hydrogen-bond donors (Lipinski definition) is 0. The van der Waals surface area contributed by atoms with E-state index in [0.717, 1.165) is 13.1 Å². The summed E-state index contributed by atoms with van der Waals surface area (Å²) >= 11 is 0. The molecule has 0 atom stereocenters. The standard InChI is InChI=1S/C9H17N2.Y/c1-8(2)11-5-3-4-9(11)6-10-7-9;/h8H,3-7H2,1-2H3;/q-1;. The zero-order valence-corrected chi connectivity index (χ0v) is 10.9. The monoisotopic (exact) mass is 242 g/mol. The molecule has 2 fully saturated rings. The fraction of sp³-hybridized carbons (Fsp3) is 1.00. The van der Waals surface area contributed by atoms with Crippen molar-refractivity contribution in [3.05, 3.63) is 5.32 Å². The van der Waals surface area contributed by atoms with E-state index in [9.17, 15) is 0 Å². The van der Waals surface area contributed by atoms with Crippen LogP contribution in [0.3, 0.4) is 0 Å². The maximum atomic E-state index is 4.34. The smallest absolute Gasteiger partial charge is 0.00427 e. The van der Waals surface area contributed by atoms with Gasteiger partial charge in [-0.05, 0) is 38.8 Å². The van der Waals surface area contributed by atoms with Gasteiger partial charge in [0.2, 0.25) is 0 Å². The van der Waals surface area contributed by atoms with E-state index in [1.807, 2.05) is 0 Å². The van der Waals surface area contributed by atoms with Crippen molar-refractivity contribution in [2.24, 2.45) is 0 Å². The number of nitrogens with zero attached hydrogens (tertiary/aromatic N) is 2. The minimum Gasteiger partial charge on any atom is -0.659 e. The van der Waals surface area contributed by atoms with Gasteiger partial charge in [0.1, 0.15) is 0 Å². The zero-order chi connectivity index (χ0) is 7.90. The third-order valence-corrected chi connectivity index (χ3v) is 3.09. The molecular formula is C9H17N2Y-. The van der Waals surface area contributed by atoms with Gasteiger partial charge in [-0.25, -0.2) is 0 Å². The molecule has 0 aromatic rings. The predicted octanol–water partition coefficient (Wildman–Crippen LogP) is 1.61. The summed E-state index contributed by atoms with van der Waals surface area (Å²) in [5.74, 6) is 0. The van der Waals surface area contributed by atoms with E-state index in [4.69, 9.17) is 0 Å². The average molecular weight is 242 g/mol. The largest absolute Gasteiger partial charge is 0.659 e. The number of rotatable bonds is 1. The molecule has 0 N–H and O–H groups in total. The SMILES string of the molecule is CC(C)N1CCCC12C[N-]C2.[Y]. The molecule has 0 amide bonds. The van der Waals surface area contributed by atoms with Crippen molar-refractivity contribution in [3.8, 4) is 0 Å². The Morgan fingerprint density at radius 2 is 2.00 bits per heavy atom. The van der Waals surface area contributed by atoms with Crippen LogP contribution in [-0.2, 0) is 32.7 Å². The van der Waals surface area contributed by atoms with Crippen molar-refractivity contribution >= 4 is 0 Å². The second kappa shape index (κ2) is 4.04. The summed E-state index contributed by atoms with van der Waals surface area (Å²) in [7, 11) is 0. The van der Waals surface area contributed by atoms with Crippen molar-refractivity contribution in [3.63, 3.8) is 0 Å². The third-order valence-electron chi connectivity index (χ3n) is 3.09. The van der Waals surface area contributed by atoms with Crippen LogP contribution in [0.4, 0.5) is 0 Å². The Morgan fingerprint density at radius 1 is 1.33 bits per heavy atom. The van der Waals surface area contributed by atoms with Gasteiger partial charge < -0.3 is 5.32 Å². The van der Waals surface area contributed by atoms with Crippen molar-refractivity contribution in [1.29, 1.82) is 0 Å². The first-order valence-corrected chi connectivity index (χ1v) is 4.65. The molecule has 2 saturated heterocycles. The Labute approximate surface area is 100 Å². The van der Waals surface area contributed by atoms with Gasteiger partial charge in [-0.2, -0.15) is 0 Å². The first kappa shape index (κ1) is 11.1. The van der Waals surface area contributed by atoms with Gasteiger partial charge in [-0.3, -0.25) is 4.90 Å². The molecule has 67 valence electrons. The van der Waals surface area contributed by atoms with Crippen molar-refractivity contribution < 1.29 is 32.7 Å². The predicted molar refractivity (Wildman–Crippen MR) is 46.9 cm³/mol. The summed E-state index contributed by atoms with van der Waals surface area (Å²) in [5, 5.41) is 4.34. The number of likely N-dealkylation sites (tertiary alicyclic amines) is 1. The van der Waals surface area contributed by atoms with Gasteiger partial charge >= 0.3 is 0 Å². The van der Waals surface area contributed by atoms with Crippen LogP contribution in [-0.4, -0.2) is 36.1 Å². The van der Waals surface area contributed by atoms with Crippen molar-refractivity contribution in [2.75, 3.05) is 19.6 Å². The van der Waals surface area contributed by atoms with E-state index in [1.54, 1.807) is 0 Å². The van der Waals surface area contributed by atoms with Crippen molar-refractivity contribution in [1.82, 2.24) is 4.90 Å². The van der Waals surface area contributed by atoms with Crippen LogP contribution in [0.1, 0.15) is 26.7 Å². The molecule has 0 aliphatic carbocycles. The molecule has 2 aliphatic heterocycles. The summed E-state index contributed by atoms with van der Waals surface area (Å²) in [4.78, 5) is 2.64. The first-order chi connectivity index (χ1) is 5.25. The Hall–Kier alpha value is 1.02. The summed E-state index contributed by atoms with van der Waals surface area (Å²) in [6.45, 7) is 8.10. The molecule has 2 nitrogen and oxygen atoms in total. The molecule has 0 unspecified atom stereocenters. The Kier molecular flexibility index (Phi) is 3.73. The molecule has 0 aromatic heterocycles. The van der Waals surface area contributed by atoms with E-state index >= 15 is 0 Å². The summed E-state index contributed by atoms with van der Waals surface area (Å²) in [5.41, 5.74) is 0.522. The fourth-order valence-electron chi connectivity index (χ4n) is 2.47. The van der Waals surface area contributed by atoms with Crippen LogP contribution in [0, 0.1) is 0 Å². The van der Waals surface area contributed by atoms with E-state index in [0.29, 0.717) is 11.6 Å².